The molecule has 0 atom stereocenters. The quantitative estimate of drug-likeness (QED) is 0.214. The van der Waals surface area contributed by atoms with Crippen LogP contribution in [0.2, 0.25) is 0 Å². The predicted molar refractivity (Wildman–Crippen MR) is 114 cm³/mol. The van der Waals surface area contributed by atoms with Crippen LogP contribution in [-0.2, 0) is 14.9 Å². The summed E-state index contributed by atoms with van der Waals surface area (Å²) in [5.41, 5.74) is -0.390. The fourth-order valence-corrected chi connectivity index (χ4v) is 4.44. The van der Waals surface area contributed by atoms with Crippen LogP contribution in [0, 0.1) is 0 Å². The Morgan fingerprint density at radius 2 is 1.57 bits per heavy atom. The molecule has 0 unspecified atom stereocenters. The third-order valence-corrected chi connectivity index (χ3v) is 6.34. The molecule has 2 aromatic carbocycles. The first-order chi connectivity index (χ1) is 13.9. The number of hydrogen-bond acceptors (Lipinski definition) is 7. The smallest absolute Gasteiger partial charge is 0.295 e. The number of aliphatic hydroxyl groups excluding tert-OH is 2. The van der Waals surface area contributed by atoms with Gasteiger partial charge >= 0.3 is 0 Å². The summed E-state index contributed by atoms with van der Waals surface area (Å²) >= 11 is 6.07. The second-order valence-corrected chi connectivity index (χ2v) is 9.20. The van der Waals surface area contributed by atoms with Gasteiger partial charge in [0.15, 0.2) is 17.3 Å². The zero-order valence-electron chi connectivity index (χ0n) is 14.7. The maximum absolute atomic E-state index is 12.7. The van der Waals surface area contributed by atoms with Crippen molar-refractivity contribution < 1.29 is 38.2 Å². The summed E-state index contributed by atoms with van der Waals surface area (Å²) in [7, 11) is -4.73. The van der Waals surface area contributed by atoms with E-state index in [0.717, 1.165) is 18.2 Å². The van der Waals surface area contributed by atoms with Gasteiger partial charge in [-0.25, -0.2) is 0 Å². The Bertz CT molecular complexity index is 1270. The Morgan fingerprint density at radius 3 is 2.17 bits per heavy atom. The Balaban J connectivity index is 2.50. The number of Topliss-reactive ketones (excluding diaryl/α,β-unsaturated/α-hetero) is 1. The molecule has 0 aromatic heterocycles. The fourth-order valence-electron chi connectivity index (χ4n) is 2.88. The van der Waals surface area contributed by atoms with Gasteiger partial charge < -0.3 is 20.4 Å². The number of phenols is 2. The largest absolute Gasteiger partial charge is 0.504 e. The second-order valence-electron chi connectivity index (χ2n) is 6.10. The third-order valence-electron chi connectivity index (χ3n) is 4.22. The van der Waals surface area contributed by atoms with E-state index in [0.29, 0.717) is 0 Å². The van der Waals surface area contributed by atoms with E-state index in [4.69, 9.17) is 0 Å². The first-order valence-corrected chi connectivity index (χ1v) is 11.0. The Labute approximate surface area is 187 Å². The maximum Gasteiger partial charge on any atom is 0.295 e. The van der Waals surface area contributed by atoms with Crippen molar-refractivity contribution in [2.45, 2.75) is 4.90 Å². The summed E-state index contributed by atoms with van der Waals surface area (Å²) in [4.78, 5) is 12.2. The number of aromatic hydroxyl groups is 2. The minimum Gasteiger partial charge on any atom is -0.504 e. The summed E-state index contributed by atoms with van der Waals surface area (Å²) in [5.74, 6) is -3.78. The Kier molecular flexibility index (Phi) is 5.83. The van der Waals surface area contributed by atoms with Crippen LogP contribution >= 0.6 is 31.9 Å². The van der Waals surface area contributed by atoms with E-state index in [1.807, 2.05) is 0 Å². The third kappa shape index (κ3) is 3.88. The highest BCUT2D eigenvalue weighted by Gasteiger charge is 2.30. The molecule has 0 radical (unpaired) electrons. The number of phenolic OH excluding ortho intramolecular Hbond substituents is 2. The molecule has 1 aliphatic rings. The molecular weight excluding hydrogens is 548 g/mol. The number of benzene rings is 2. The average molecular weight is 560 g/mol. The van der Waals surface area contributed by atoms with Crippen molar-refractivity contribution in [1.29, 1.82) is 0 Å². The highest BCUT2D eigenvalue weighted by molar-refractivity contribution is 9.12. The highest BCUT2D eigenvalue weighted by atomic mass is 79.9. The molecule has 2 aromatic rings. The minimum absolute atomic E-state index is 0.0360. The number of aliphatic hydroxyl groups is 2. The normalized spacial score (nSPS) is 16.5. The monoisotopic (exact) mass is 558 g/mol. The molecule has 0 saturated heterocycles. The molecule has 0 amide bonds. The van der Waals surface area contributed by atoms with Crippen molar-refractivity contribution in [3.8, 4) is 11.5 Å². The van der Waals surface area contributed by atoms with Crippen LogP contribution < -0.4 is 0 Å². The number of allylic oxidation sites excluding steroid dienone is 3. The van der Waals surface area contributed by atoms with Gasteiger partial charge in [-0.1, -0.05) is 18.2 Å². The molecule has 5 N–H and O–H groups in total. The van der Waals surface area contributed by atoms with E-state index >= 15 is 0 Å². The van der Waals surface area contributed by atoms with E-state index in [2.05, 4.69) is 31.9 Å². The molecule has 156 valence electrons. The second kappa shape index (κ2) is 7.91. The summed E-state index contributed by atoms with van der Waals surface area (Å²) in [5, 5.41) is 39.7. The lowest BCUT2D eigenvalue weighted by Crippen LogP contribution is -2.15. The topological polar surface area (TPSA) is 152 Å². The first kappa shape index (κ1) is 22.1. The Hall–Kier alpha value is -2.60. The van der Waals surface area contributed by atoms with Crippen molar-refractivity contribution in [3.05, 3.63) is 79.6 Å². The van der Waals surface area contributed by atoms with Gasteiger partial charge in [0.05, 0.1) is 8.96 Å². The number of carbonyl (C=O) groups excluding carboxylic acids is 1. The van der Waals surface area contributed by atoms with Gasteiger partial charge in [0.2, 0.25) is 11.5 Å². The standard InChI is InChI=1S/C19H12Br2O8S/c20-11-5-8(6-13(22)17(11)24)15(9-3-1-2-4-14(9)30(27,28)29)10-7-12(21)18(25)19(26)16(10)23/h1-7,22,24-26H,(H,27,28,29). The molecule has 0 fully saturated rings. The number of rotatable bonds is 3. The van der Waals surface area contributed by atoms with E-state index < -0.39 is 43.8 Å². The van der Waals surface area contributed by atoms with Crippen LogP contribution in [-0.4, -0.2) is 39.2 Å². The van der Waals surface area contributed by atoms with E-state index in [1.165, 1.54) is 24.3 Å². The van der Waals surface area contributed by atoms with Crippen LogP contribution in [0.1, 0.15) is 11.1 Å². The van der Waals surface area contributed by atoms with Crippen molar-refractivity contribution in [2.75, 3.05) is 0 Å². The summed E-state index contributed by atoms with van der Waals surface area (Å²) in [6.07, 6.45) is 1.16. The fraction of sp³-hybridized carbons (Fsp3) is 0. The van der Waals surface area contributed by atoms with Crippen molar-refractivity contribution in [2.24, 2.45) is 0 Å². The molecule has 0 spiro atoms. The van der Waals surface area contributed by atoms with Crippen LogP contribution in [0.3, 0.4) is 0 Å². The summed E-state index contributed by atoms with van der Waals surface area (Å²) < 4.78 is 33.5. The van der Waals surface area contributed by atoms with Gasteiger partial charge in [-0.15, -0.1) is 0 Å². The molecule has 3 rings (SSSR count). The number of ketones is 1. The van der Waals surface area contributed by atoms with Crippen LogP contribution in [0.25, 0.3) is 5.57 Å². The molecule has 8 nitrogen and oxygen atoms in total. The SMILES string of the molecule is O=C1C(O)=C(O)C(Br)=CC1=C(c1cc(O)c(O)c(Br)c1)c1ccccc1S(=O)(=O)O. The average Bonchev–Trinajstić information content (AvgIpc) is 2.68. The van der Waals surface area contributed by atoms with Gasteiger partial charge in [0, 0.05) is 16.7 Å². The molecule has 0 saturated carbocycles. The van der Waals surface area contributed by atoms with Gasteiger partial charge in [-0.05, 0) is 61.7 Å². The Morgan fingerprint density at radius 1 is 0.933 bits per heavy atom. The zero-order valence-corrected chi connectivity index (χ0v) is 18.7. The van der Waals surface area contributed by atoms with Crippen molar-refractivity contribution in [1.82, 2.24) is 0 Å². The van der Waals surface area contributed by atoms with E-state index in [-0.39, 0.29) is 31.2 Å². The molecule has 11 heteroatoms. The number of halogens is 2. The molecule has 30 heavy (non-hydrogen) atoms. The van der Waals surface area contributed by atoms with Gasteiger partial charge in [-0.3, -0.25) is 9.35 Å². The van der Waals surface area contributed by atoms with Crippen LogP contribution in [0.4, 0.5) is 0 Å². The van der Waals surface area contributed by atoms with Gasteiger partial charge in [-0.2, -0.15) is 8.42 Å². The van der Waals surface area contributed by atoms with E-state index in [9.17, 15) is 38.2 Å². The molecule has 0 heterocycles. The van der Waals surface area contributed by atoms with E-state index in [1.54, 1.807) is 0 Å². The maximum atomic E-state index is 12.7. The summed E-state index contributed by atoms with van der Waals surface area (Å²) in [6.45, 7) is 0. The lowest BCUT2D eigenvalue weighted by atomic mass is 9.88. The highest BCUT2D eigenvalue weighted by Crippen LogP contribution is 2.42. The van der Waals surface area contributed by atoms with Crippen LogP contribution in [0.5, 0.6) is 11.5 Å². The number of carbonyl (C=O) groups is 1. The molecular formula is C19H12Br2O8S. The van der Waals surface area contributed by atoms with Crippen molar-refractivity contribution in [3.63, 3.8) is 0 Å². The lowest BCUT2D eigenvalue weighted by Gasteiger charge is -2.19. The predicted octanol–water partition coefficient (Wildman–Crippen LogP) is 4.10. The molecule has 0 bridgehead atoms. The summed E-state index contributed by atoms with van der Waals surface area (Å²) in [6, 6.07) is 7.62. The first-order valence-electron chi connectivity index (χ1n) is 8.01. The molecule has 0 aliphatic heterocycles. The minimum atomic E-state index is -4.73. The van der Waals surface area contributed by atoms with Gasteiger partial charge in [0.1, 0.15) is 4.90 Å². The van der Waals surface area contributed by atoms with Crippen LogP contribution in [0.15, 0.2) is 73.4 Å². The number of hydrogen-bond donors (Lipinski definition) is 5. The van der Waals surface area contributed by atoms with Gasteiger partial charge in [0.25, 0.3) is 10.1 Å². The zero-order chi connectivity index (χ0) is 22.4. The molecule has 1 aliphatic carbocycles. The van der Waals surface area contributed by atoms with Crippen molar-refractivity contribution >= 4 is 53.3 Å². The lowest BCUT2D eigenvalue weighted by molar-refractivity contribution is -0.114.